The third kappa shape index (κ3) is 4.20. The van der Waals surface area contributed by atoms with E-state index in [1.165, 1.54) is 0 Å². The molecule has 1 heterocycles. The van der Waals surface area contributed by atoms with Gasteiger partial charge in [0.05, 0.1) is 24.1 Å². The number of ether oxygens (including phenoxy) is 1. The molecular weight excluding hydrogens is 374 g/mol. The topological polar surface area (TPSA) is 56.1 Å². The summed E-state index contributed by atoms with van der Waals surface area (Å²) in [6.45, 7) is 5.49. The van der Waals surface area contributed by atoms with E-state index in [1.54, 1.807) is 0 Å². The summed E-state index contributed by atoms with van der Waals surface area (Å²) in [4.78, 5) is 17.4. The predicted molar refractivity (Wildman–Crippen MR) is 119 cm³/mol. The lowest BCUT2D eigenvalue weighted by atomic mass is 10.1. The van der Waals surface area contributed by atoms with Gasteiger partial charge in [0, 0.05) is 5.56 Å². The van der Waals surface area contributed by atoms with E-state index in [-0.39, 0.29) is 5.91 Å². The second-order valence-electron chi connectivity index (χ2n) is 7.28. The van der Waals surface area contributed by atoms with E-state index >= 15 is 0 Å². The number of carbonyl (C=O) groups excluding carboxylic acids is 1. The lowest BCUT2D eigenvalue weighted by Gasteiger charge is -2.13. The maximum absolute atomic E-state index is 12.6. The third-order valence-electron chi connectivity index (χ3n) is 5.20. The van der Waals surface area contributed by atoms with Gasteiger partial charge in [-0.1, -0.05) is 48.5 Å². The second-order valence-corrected chi connectivity index (χ2v) is 7.28. The van der Waals surface area contributed by atoms with E-state index in [1.807, 2.05) is 86.6 Å². The van der Waals surface area contributed by atoms with Crippen LogP contribution in [0.3, 0.4) is 0 Å². The van der Waals surface area contributed by atoms with Crippen LogP contribution in [0.15, 0.2) is 72.8 Å². The summed E-state index contributed by atoms with van der Waals surface area (Å²) in [5.74, 6) is 1.60. The molecule has 5 heteroatoms. The molecule has 1 aromatic heterocycles. The molecule has 0 atom stereocenters. The van der Waals surface area contributed by atoms with Crippen molar-refractivity contribution in [3.63, 3.8) is 0 Å². The SMILES string of the molecule is Cc1ccccc1OCCn1c(CNC(=O)c2ccccc2C)nc2ccccc21. The molecule has 1 amide bonds. The zero-order valence-corrected chi connectivity index (χ0v) is 17.3. The van der Waals surface area contributed by atoms with Crippen LogP contribution in [0.5, 0.6) is 5.75 Å². The minimum atomic E-state index is -0.0946. The summed E-state index contributed by atoms with van der Waals surface area (Å²) >= 11 is 0. The van der Waals surface area contributed by atoms with Crippen molar-refractivity contribution < 1.29 is 9.53 Å². The molecule has 0 fully saturated rings. The van der Waals surface area contributed by atoms with Crippen molar-refractivity contribution in [1.29, 1.82) is 0 Å². The highest BCUT2D eigenvalue weighted by Gasteiger charge is 2.13. The Morgan fingerprint density at radius 3 is 2.43 bits per heavy atom. The molecule has 0 saturated carbocycles. The van der Waals surface area contributed by atoms with Crippen molar-refractivity contribution in [2.75, 3.05) is 6.61 Å². The number of amides is 1. The number of nitrogens with one attached hydrogen (secondary N) is 1. The Kier molecular flexibility index (Phi) is 5.80. The van der Waals surface area contributed by atoms with E-state index in [2.05, 4.69) is 9.88 Å². The number of nitrogens with zero attached hydrogens (tertiary/aromatic N) is 2. The van der Waals surface area contributed by atoms with Gasteiger partial charge in [0.25, 0.3) is 5.91 Å². The first-order valence-corrected chi connectivity index (χ1v) is 10.1. The Morgan fingerprint density at radius 1 is 0.933 bits per heavy atom. The van der Waals surface area contributed by atoms with Crippen LogP contribution in [0.4, 0.5) is 0 Å². The Labute approximate surface area is 176 Å². The molecule has 0 spiro atoms. The molecule has 1 N–H and O–H groups in total. The summed E-state index contributed by atoms with van der Waals surface area (Å²) in [6, 6.07) is 23.6. The van der Waals surface area contributed by atoms with Crippen LogP contribution in [0.1, 0.15) is 27.3 Å². The first-order chi connectivity index (χ1) is 14.6. The van der Waals surface area contributed by atoms with E-state index in [4.69, 9.17) is 9.72 Å². The second kappa shape index (κ2) is 8.82. The molecule has 0 unspecified atom stereocenters. The first-order valence-electron chi connectivity index (χ1n) is 10.1. The number of benzene rings is 3. The number of imidazole rings is 1. The molecule has 0 saturated heterocycles. The van der Waals surface area contributed by atoms with Gasteiger partial charge in [-0.3, -0.25) is 4.79 Å². The molecule has 5 nitrogen and oxygen atoms in total. The van der Waals surface area contributed by atoms with Crippen LogP contribution in [-0.4, -0.2) is 22.1 Å². The minimum absolute atomic E-state index is 0.0946. The summed E-state index contributed by atoms with van der Waals surface area (Å²) in [5, 5.41) is 3.01. The molecule has 0 radical (unpaired) electrons. The maximum atomic E-state index is 12.6. The molecule has 0 aliphatic heterocycles. The number of hydrogen-bond donors (Lipinski definition) is 1. The molecule has 4 aromatic rings. The highest BCUT2D eigenvalue weighted by Crippen LogP contribution is 2.19. The van der Waals surface area contributed by atoms with E-state index < -0.39 is 0 Å². The summed E-state index contributed by atoms with van der Waals surface area (Å²) in [5.41, 5.74) is 4.69. The van der Waals surface area contributed by atoms with Crippen molar-refractivity contribution in [2.45, 2.75) is 26.9 Å². The van der Waals surface area contributed by atoms with E-state index in [9.17, 15) is 4.79 Å². The smallest absolute Gasteiger partial charge is 0.251 e. The van der Waals surface area contributed by atoms with E-state index in [0.29, 0.717) is 25.3 Å². The number of fused-ring (bicyclic) bond motifs is 1. The number of rotatable bonds is 7. The zero-order chi connectivity index (χ0) is 20.9. The highest BCUT2D eigenvalue weighted by atomic mass is 16.5. The molecular formula is C25H25N3O2. The van der Waals surface area contributed by atoms with Crippen molar-refractivity contribution in [3.8, 4) is 5.75 Å². The number of hydrogen-bond acceptors (Lipinski definition) is 3. The Bertz CT molecular complexity index is 1180. The lowest BCUT2D eigenvalue weighted by Crippen LogP contribution is -2.26. The third-order valence-corrected chi connectivity index (χ3v) is 5.20. The Balaban J connectivity index is 1.51. The van der Waals surface area contributed by atoms with Crippen LogP contribution >= 0.6 is 0 Å². The Hall–Kier alpha value is -3.60. The van der Waals surface area contributed by atoms with Crippen molar-refractivity contribution in [3.05, 3.63) is 95.3 Å². The largest absolute Gasteiger partial charge is 0.491 e. The number of para-hydroxylation sites is 3. The highest BCUT2D eigenvalue weighted by molar-refractivity contribution is 5.95. The van der Waals surface area contributed by atoms with Crippen LogP contribution in [0.25, 0.3) is 11.0 Å². The van der Waals surface area contributed by atoms with Gasteiger partial charge in [-0.2, -0.15) is 0 Å². The fourth-order valence-corrected chi connectivity index (χ4v) is 3.56. The monoisotopic (exact) mass is 399 g/mol. The first kappa shape index (κ1) is 19.7. The summed E-state index contributed by atoms with van der Waals surface area (Å²) < 4.78 is 8.11. The molecule has 0 aliphatic carbocycles. The van der Waals surface area contributed by atoms with Gasteiger partial charge in [-0.05, 0) is 49.2 Å². The quantitative estimate of drug-likeness (QED) is 0.492. The fraction of sp³-hybridized carbons (Fsp3) is 0.200. The fourth-order valence-electron chi connectivity index (χ4n) is 3.56. The minimum Gasteiger partial charge on any atom is -0.491 e. The van der Waals surface area contributed by atoms with Crippen LogP contribution in [0.2, 0.25) is 0 Å². The van der Waals surface area contributed by atoms with Crippen molar-refractivity contribution in [1.82, 2.24) is 14.9 Å². The van der Waals surface area contributed by atoms with Crippen LogP contribution in [-0.2, 0) is 13.1 Å². The zero-order valence-electron chi connectivity index (χ0n) is 17.3. The van der Waals surface area contributed by atoms with Crippen LogP contribution in [0, 0.1) is 13.8 Å². The van der Waals surface area contributed by atoms with Gasteiger partial charge >= 0.3 is 0 Å². The number of carbonyl (C=O) groups is 1. The van der Waals surface area contributed by atoms with Gasteiger partial charge in [0.15, 0.2) is 0 Å². The lowest BCUT2D eigenvalue weighted by molar-refractivity contribution is 0.0949. The molecule has 30 heavy (non-hydrogen) atoms. The van der Waals surface area contributed by atoms with Crippen molar-refractivity contribution in [2.24, 2.45) is 0 Å². The number of aromatic nitrogens is 2. The van der Waals surface area contributed by atoms with Gasteiger partial charge < -0.3 is 14.6 Å². The van der Waals surface area contributed by atoms with Gasteiger partial charge in [-0.15, -0.1) is 0 Å². The van der Waals surface area contributed by atoms with Crippen molar-refractivity contribution >= 4 is 16.9 Å². The normalized spacial score (nSPS) is 10.9. The summed E-state index contributed by atoms with van der Waals surface area (Å²) in [7, 11) is 0. The molecule has 152 valence electrons. The van der Waals surface area contributed by atoms with Gasteiger partial charge in [0.2, 0.25) is 0 Å². The maximum Gasteiger partial charge on any atom is 0.251 e. The molecule has 3 aromatic carbocycles. The standard InChI is InChI=1S/C25H25N3O2/c1-18-9-3-5-11-20(18)25(29)26-17-24-27-21-12-6-7-13-22(21)28(24)15-16-30-23-14-8-4-10-19(23)2/h3-14H,15-17H2,1-2H3,(H,26,29). The molecule has 0 aliphatic rings. The summed E-state index contributed by atoms with van der Waals surface area (Å²) in [6.07, 6.45) is 0. The predicted octanol–water partition coefficient (Wildman–Crippen LogP) is 4.66. The average molecular weight is 399 g/mol. The van der Waals surface area contributed by atoms with Gasteiger partial charge in [0.1, 0.15) is 18.2 Å². The number of aryl methyl sites for hydroxylation is 2. The van der Waals surface area contributed by atoms with Gasteiger partial charge in [-0.25, -0.2) is 4.98 Å². The molecule has 4 rings (SSSR count). The Morgan fingerprint density at radius 2 is 1.63 bits per heavy atom. The molecule has 0 bridgehead atoms. The van der Waals surface area contributed by atoms with E-state index in [0.717, 1.165) is 33.7 Å². The average Bonchev–Trinajstić information content (AvgIpc) is 3.11. The van der Waals surface area contributed by atoms with Crippen LogP contribution < -0.4 is 10.1 Å².